The summed E-state index contributed by atoms with van der Waals surface area (Å²) in [7, 11) is 0. The van der Waals surface area contributed by atoms with Gasteiger partial charge in [0.2, 0.25) is 5.91 Å². The van der Waals surface area contributed by atoms with Gasteiger partial charge in [0.05, 0.1) is 0 Å². The van der Waals surface area contributed by atoms with Crippen molar-refractivity contribution in [3.63, 3.8) is 0 Å². The lowest BCUT2D eigenvalue weighted by molar-refractivity contribution is -0.139. The van der Waals surface area contributed by atoms with E-state index in [9.17, 15) is 14.0 Å². The third-order valence-electron chi connectivity index (χ3n) is 5.70. The molecule has 1 aliphatic rings. The van der Waals surface area contributed by atoms with Crippen molar-refractivity contribution in [2.24, 2.45) is 0 Å². The van der Waals surface area contributed by atoms with Gasteiger partial charge in [0, 0.05) is 32.3 Å². The fourth-order valence-electron chi connectivity index (χ4n) is 4.05. The smallest absolute Gasteiger partial charge is 0.273 e. The van der Waals surface area contributed by atoms with E-state index in [-0.39, 0.29) is 17.6 Å². The van der Waals surface area contributed by atoms with Crippen molar-refractivity contribution in [3.8, 4) is 11.1 Å². The number of halogens is 1. The van der Waals surface area contributed by atoms with Crippen molar-refractivity contribution in [1.82, 2.24) is 14.8 Å². The van der Waals surface area contributed by atoms with Crippen molar-refractivity contribution >= 4 is 11.8 Å². The van der Waals surface area contributed by atoms with Crippen molar-refractivity contribution in [2.75, 3.05) is 19.6 Å². The van der Waals surface area contributed by atoms with Crippen LogP contribution < -0.4 is 0 Å². The van der Waals surface area contributed by atoms with Crippen LogP contribution in [0.25, 0.3) is 11.1 Å². The second-order valence-corrected chi connectivity index (χ2v) is 7.52. The second-order valence-electron chi connectivity index (χ2n) is 7.52. The Bertz CT molecular complexity index is 1070. The molecule has 5 nitrogen and oxygen atoms in total. The molecule has 158 valence electrons. The van der Waals surface area contributed by atoms with Crippen LogP contribution in [0.5, 0.6) is 0 Å². The first-order chi connectivity index (χ1) is 15.1. The van der Waals surface area contributed by atoms with Crippen molar-refractivity contribution in [1.29, 1.82) is 0 Å². The highest BCUT2D eigenvalue weighted by atomic mass is 19.1. The molecule has 0 aliphatic carbocycles. The van der Waals surface area contributed by atoms with E-state index in [1.807, 2.05) is 31.2 Å². The Morgan fingerprint density at radius 1 is 1.03 bits per heavy atom. The van der Waals surface area contributed by atoms with Gasteiger partial charge in [0.25, 0.3) is 5.91 Å². The van der Waals surface area contributed by atoms with E-state index in [4.69, 9.17) is 0 Å². The monoisotopic (exact) mass is 417 g/mol. The first-order valence-corrected chi connectivity index (χ1v) is 10.4. The minimum absolute atomic E-state index is 0.0630. The third kappa shape index (κ3) is 4.33. The largest absolute Gasteiger partial charge is 0.339 e. The topological polar surface area (TPSA) is 53.5 Å². The van der Waals surface area contributed by atoms with E-state index in [0.717, 1.165) is 16.7 Å². The van der Waals surface area contributed by atoms with E-state index in [2.05, 4.69) is 4.98 Å². The van der Waals surface area contributed by atoms with Gasteiger partial charge >= 0.3 is 0 Å². The predicted octanol–water partition coefficient (Wildman–Crippen LogP) is 3.80. The summed E-state index contributed by atoms with van der Waals surface area (Å²) >= 11 is 0. The van der Waals surface area contributed by atoms with Crippen LogP contribution in [-0.4, -0.2) is 52.3 Å². The van der Waals surface area contributed by atoms with E-state index in [1.165, 1.54) is 12.1 Å². The molecular formula is C25H24FN3O2. The highest BCUT2D eigenvalue weighted by molar-refractivity contribution is 5.97. The number of rotatable bonds is 5. The maximum atomic E-state index is 13.4. The lowest BCUT2D eigenvalue weighted by atomic mass is 9.93. The molecule has 0 N–H and O–H groups in total. The van der Waals surface area contributed by atoms with Gasteiger partial charge < -0.3 is 9.80 Å². The van der Waals surface area contributed by atoms with Crippen molar-refractivity contribution < 1.29 is 14.0 Å². The summed E-state index contributed by atoms with van der Waals surface area (Å²) in [4.78, 5) is 34.0. The molecule has 1 fully saturated rings. The van der Waals surface area contributed by atoms with E-state index < -0.39 is 6.04 Å². The molecule has 0 spiro atoms. The van der Waals surface area contributed by atoms with Crippen molar-refractivity contribution in [3.05, 3.63) is 90.0 Å². The average Bonchev–Trinajstić information content (AvgIpc) is 2.81. The molecule has 2 heterocycles. The maximum Gasteiger partial charge on any atom is 0.273 e. The van der Waals surface area contributed by atoms with E-state index >= 15 is 0 Å². The van der Waals surface area contributed by atoms with Gasteiger partial charge in [-0.1, -0.05) is 42.5 Å². The molecule has 4 rings (SSSR count). The molecule has 31 heavy (non-hydrogen) atoms. The number of pyridine rings is 1. The van der Waals surface area contributed by atoms with Gasteiger partial charge in [0.15, 0.2) is 0 Å². The van der Waals surface area contributed by atoms with Gasteiger partial charge in [0.1, 0.15) is 17.6 Å². The SMILES string of the molecule is CCN1CCN(C(=O)c2ccccn2)[C@H](Cc2ccccc2-c2ccc(F)cc2)C1=O. The molecule has 0 bridgehead atoms. The fourth-order valence-corrected chi connectivity index (χ4v) is 4.05. The molecule has 2 aromatic carbocycles. The number of aromatic nitrogens is 1. The Labute approximate surface area is 181 Å². The van der Waals surface area contributed by atoms with Crippen LogP contribution in [0.4, 0.5) is 4.39 Å². The lowest BCUT2D eigenvalue weighted by Gasteiger charge is -2.40. The summed E-state index contributed by atoms with van der Waals surface area (Å²) in [5, 5.41) is 0. The number of piperazine rings is 1. The molecule has 2 amide bonds. The summed E-state index contributed by atoms with van der Waals surface area (Å²) < 4.78 is 13.4. The zero-order valence-corrected chi connectivity index (χ0v) is 17.4. The molecular weight excluding hydrogens is 393 g/mol. The number of benzene rings is 2. The van der Waals surface area contributed by atoms with Gasteiger partial charge in [-0.25, -0.2) is 4.39 Å². The second kappa shape index (κ2) is 9.08. The summed E-state index contributed by atoms with van der Waals surface area (Å²) in [6.07, 6.45) is 1.96. The molecule has 1 atom stereocenters. The van der Waals surface area contributed by atoms with E-state index in [1.54, 1.807) is 46.3 Å². The van der Waals surface area contributed by atoms with Gasteiger partial charge in [-0.2, -0.15) is 0 Å². The van der Waals surface area contributed by atoms with Crippen LogP contribution in [0, 0.1) is 5.82 Å². The lowest BCUT2D eigenvalue weighted by Crippen LogP contribution is -2.59. The average molecular weight is 417 g/mol. The van der Waals surface area contributed by atoms with Crippen LogP contribution in [0.3, 0.4) is 0 Å². The first-order valence-electron chi connectivity index (χ1n) is 10.4. The van der Waals surface area contributed by atoms with Crippen LogP contribution in [0.1, 0.15) is 23.0 Å². The molecule has 3 aromatic rings. The van der Waals surface area contributed by atoms with Crippen LogP contribution in [-0.2, 0) is 11.2 Å². The highest BCUT2D eigenvalue weighted by Crippen LogP contribution is 2.27. The molecule has 1 saturated heterocycles. The molecule has 6 heteroatoms. The standard InChI is InChI=1S/C25H24FN3O2/c1-2-28-15-16-29(24(30)22-9-5-6-14-27-22)23(25(28)31)17-19-7-3-4-8-21(19)18-10-12-20(26)13-11-18/h3-14,23H,2,15-17H2,1H3/t23-/m1/s1. The van der Waals surface area contributed by atoms with E-state index in [0.29, 0.717) is 31.7 Å². The minimum atomic E-state index is -0.621. The quantitative estimate of drug-likeness (QED) is 0.635. The summed E-state index contributed by atoms with van der Waals surface area (Å²) in [5.74, 6) is -0.602. The number of carbonyl (C=O) groups is 2. The summed E-state index contributed by atoms with van der Waals surface area (Å²) in [5.41, 5.74) is 3.06. The predicted molar refractivity (Wildman–Crippen MR) is 117 cm³/mol. The van der Waals surface area contributed by atoms with Crippen LogP contribution in [0.2, 0.25) is 0 Å². The number of hydrogen-bond acceptors (Lipinski definition) is 3. The number of likely N-dealkylation sites (N-methyl/N-ethyl adjacent to an activating group) is 1. The van der Waals surface area contributed by atoms with Gasteiger partial charge in [-0.05, 0) is 47.9 Å². The normalized spacial score (nSPS) is 16.5. The maximum absolute atomic E-state index is 13.4. The number of amides is 2. The van der Waals surface area contributed by atoms with Gasteiger partial charge in [-0.15, -0.1) is 0 Å². The minimum Gasteiger partial charge on any atom is -0.339 e. The Balaban J connectivity index is 1.69. The molecule has 0 unspecified atom stereocenters. The Kier molecular flexibility index (Phi) is 6.07. The third-order valence-corrected chi connectivity index (χ3v) is 5.70. The molecule has 0 radical (unpaired) electrons. The molecule has 0 saturated carbocycles. The van der Waals surface area contributed by atoms with Crippen LogP contribution >= 0.6 is 0 Å². The highest BCUT2D eigenvalue weighted by Gasteiger charge is 2.37. The summed E-state index contributed by atoms with van der Waals surface area (Å²) in [6, 6.07) is 18.6. The zero-order chi connectivity index (χ0) is 21.8. The Morgan fingerprint density at radius 2 is 1.77 bits per heavy atom. The van der Waals surface area contributed by atoms with Gasteiger partial charge in [-0.3, -0.25) is 14.6 Å². The number of hydrogen-bond donors (Lipinski definition) is 0. The summed E-state index contributed by atoms with van der Waals surface area (Å²) in [6.45, 7) is 3.50. The Morgan fingerprint density at radius 3 is 2.48 bits per heavy atom. The number of carbonyl (C=O) groups excluding carboxylic acids is 2. The number of nitrogens with zero attached hydrogens (tertiary/aromatic N) is 3. The first kappa shape index (κ1) is 20.7. The molecule has 1 aliphatic heterocycles. The zero-order valence-electron chi connectivity index (χ0n) is 17.4. The van der Waals surface area contributed by atoms with Crippen LogP contribution in [0.15, 0.2) is 72.9 Å². The van der Waals surface area contributed by atoms with Crippen molar-refractivity contribution in [2.45, 2.75) is 19.4 Å². The molecule has 1 aromatic heterocycles. The Hall–Kier alpha value is -3.54. The fraction of sp³-hybridized carbons (Fsp3) is 0.240.